The van der Waals surface area contributed by atoms with Gasteiger partial charge >= 0.3 is 0 Å². The lowest BCUT2D eigenvalue weighted by atomic mass is 10.1. The minimum Gasteiger partial charge on any atom is -0.361 e. The van der Waals surface area contributed by atoms with Crippen molar-refractivity contribution < 1.29 is 9.45 Å². The Morgan fingerprint density at radius 3 is 2.76 bits per heavy atom. The van der Waals surface area contributed by atoms with Crippen molar-refractivity contribution in [3.63, 3.8) is 0 Å². The zero-order valence-electron chi connectivity index (χ0n) is 12.0. The molecule has 1 unspecified atom stereocenters. The maximum atomic E-state index is 11.0. The Kier molecular flexibility index (Phi) is 4.59. The molecule has 21 heavy (non-hydrogen) atoms. The van der Waals surface area contributed by atoms with E-state index >= 15 is 0 Å². The third-order valence-corrected chi connectivity index (χ3v) is 3.59. The van der Waals surface area contributed by atoms with Gasteiger partial charge in [0, 0.05) is 34.8 Å². The van der Waals surface area contributed by atoms with E-state index in [1.165, 1.54) is 12.1 Å². The lowest BCUT2D eigenvalue weighted by molar-refractivity contribution is -0.385. The van der Waals surface area contributed by atoms with Crippen LogP contribution in [0.25, 0.3) is 0 Å². The molecule has 1 aromatic heterocycles. The van der Waals surface area contributed by atoms with E-state index in [2.05, 4.69) is 10.5 Å². The fraction of sp³-hybridized carbons (Fsp3) is 0.357. The SMILES string of the molecule is Cc1noc(C)c1C(C)NCc1cc(Cl)ccc1[N+](=O)[O-]. The topological polar surface area (TPSA) is 81.2 Å². The Bertz CT molecular complexity index is 650. The van der Waals surface area contributed by atoms with E-state index in [1.54, 1.807) is 6.07 Å². The van der Waals surface area contributed by atoms with E-state index < -0.39 is 4.92 Å². The number of nitrogens with zero attached hydrogens (tertiary/aromatic N) is 2. The van der Waals surface area contributed by atoms with Crippen LogP contribution in [0, 0.1) is 24.0 Å². The zero-order valence-corrected chi connectivity index (χ0v) is 12.8. The van der Waals surface area contributed by atoms with Crippen LogP contribution >= 0.6 is 11.6 Å². The fourth-order valence-corrected chi connectivity index (χ4v) is 2.54. The van der Waals surface area contributed by atoms with Crippen LogP contribution in [0.4, 0.5) is 5.69 Å². The van der Waals surface area contributed by atoms with Crippen molar-refractivity contribution in [1.82, 2.24) is 10.5 Å². The van der Waals surface area contributed by atoms with E-state index in [4.69, 9.17) is 16.1 Å². The normalized spacial score (nSPS) is 12.4. The second kappa shape index (κ2) is 6.24. The molecule has 0 spiro atoms. The maximum absolute atomic E-state index is 11.0. The number of hydrogen-bond donors (Lipinski definition) is 1. The number of aromatic nitrogens is 1. The number of hydrogen-bond acceptors (Lipinski definition) is 5. The monoisotopic (exact) mass is 309 g/mol. The van der Waals surface area contributed by atoms with Gasteiger partial charge in [-0.05, 0) is 32.9 Å². The van der Waals surface area contributed by atoms with Crippen molar-refractivity contribution in [3.8, 4) is 0 Å². The van der Waals surface area contributed by atoms with Gasteiger partial charge in [0.2, 0.25) is 0 Å². The summed E-state index contributed by atoms with van der Waals surface area (Å²) in [5.74, 6) is 0.744. The molecule has 1 atom stereocenters. The molecule has 7 heteroatoms. The first kappa shape index (κ1) is 15.5. The quantitative estimate of drug-likeness (QED) is 0.672. The molecule has 0 fully saturated rings. The molecule has 0 aliphatic rings. The molecular formula is C14H16ClN3O3. The van der Waals surface area contributed by atoms with Crippen LogP contribution in [0.1, 0.15) is 35.5 Å². The van der Waals surface area contributed by atoms with Crippen LogP contribution in [0.5, 0.6) is 0 Å². The van der Waals surface area contributed by atoms with Crippen molar-refractivity contribution in [2.45, 2.75) is 33.4 Å². The minimum atomic E-state index is -0.409. The molecule has 0 aliphatic carbocycles. The molecule has 0 saturated heterocycles. The number of benzene rings is 1. The van der Waals surface area contributed by atoms with Crippen LogP contribution in [0.15, 0.2) is 22.7 Å². The number of nitro groups is 1. The molecular weight excluding hydrogens is 294 g/mol. The molecule has 0 radical (unpaired) electrons. The molecule has 1 aromatic carbocycles. The number of halogens is 1. The number of nitrogens with one attached hydrogen (secondary N) is 1. The van der Waals surface area contributed by atoms with Crippen molar-refractivity contribution in [2.24, 2.45) is 0 Å². The highest BCUT2D eigenvalue weighted by Gasteiger charge is 2.18. The van der Waals surface area contributed by atoms with Gasteiger partial charge < -0.3 is 9.84 Å². The summed E-state index contributed by atoms with van der Waals surface area (Å²) >= 11 is 5.91. The molecule has 2 rings (SSSR count). The lowest BCUT2D eigenvalue weighted by Gasteiger charge is -2.14. The van der Waals surface area contributed by atoms with Crippen LogP contribution < -0.4 is 5.32 Å². The van der Waals surface area contributed by atoms with Crippen molar-refractivity contribution in [2.75, 3.05) is 0 Å². The zero-order chi connectivity index (χ0) is 15.6. The predicted molar refractivity (Wildman–Crippen MR) is 79.3 cm³/mol. The van der Waals surface area contributed by atoms with Gasteiger partial charge in [0.05, 0.1) is 10.6 Å². The third-order valence-electron chi connectivity index (χ3n) is 3.36. The summed E-state index contributed by atoms with van der Waals surface area (Å²) in [4.78, 5) is 10.6. The summed E-state index contributed by atoms with van der Waals surface area (Å²) in [5.41, 5.74) is 2.39. The average molecular weight is 310 g/mol. The number of rotatable bonds is 5. The first-order chi connectivity index (χ1) is 9.90. The first-order valence-electron chi connectivity index (χ1n) is 6.49. The summed E-state index contributed by atoms with van der Waals surface area (Å²) < 4.78 is 5.13. The Morgan fingerprint density at radius 1 is 1.48 bits per heavy atom. The van der Waals surface area contributed by atoms with Gasteiger partial charge in [-0.2, -0.15) is 0 Å². The van der Waals surface area contributed by atoms with Gasteiger partial charge in [-0.3, -0.25) is 10.1 Å². The summed E-state index contributed by atoms with van der Waals surface area (Å²) in [7, 11) is 0. The van der Waals surface area contributed by atoms with Crippen LogP contribution in [-0.2, 0) is 6.54 Å². The summed E-state index contributed by atoms with van der Waals surface area (Å²) in [6, 6.07) is 4.50. The van der Waals surface area contributed by atoms with Gasteiger partial charge in [0.1, 0.15) is 5.76 Å². The van der Waals surface area contributed by atoms with E-state index in [1.807, 2.05) is 20.8 Å². The summed E-state index contributed by atoms with van der Waals surface area (Å²) in [6.07, 6.45) is 0. The predicted octanol–water partition coefficient (Wildman–Crippen LogP) is 3.70. The van der Waals surface area contributed by atoms with Crippen LogP contribution in [0.3, 0.4) is 0 Å². The fourth-order valence-electron chi connectivity index (χ4n) is 2.35. The Morgan fingerprint density at radius 2 is 2.19 bits per heavy atom. The van der Waals surface area contributed by atoms with E-state index in [0.717, 1.165) is 17.0 Å². The molecule has 6 nitrogen and oxygen atoms in total. The van der Waals surface area contributed by atoms with Gasteiger partial charge in [0.15, 0.2) is 0 Å². The van der Waals surface area contributed by atoms with E-state index in [0.29, 0.717) is 17.1 Å². The molecule has 1 heterocycles. The molecule has 0 saturated carbocycles. The van der Waals surface area contributed by atoms with Crippen molar-refractivity contribution >= 4 is 17.3 Å². The standard InChI is InChI=1S/C14H16ClN3O3/c1-8(14-9(2)17-21-10(14)3)16-7-11-6-12(15)4-5-13(11)18(19)20/h4-6,8,16H,7H2,1-3H3. The van der Waals surface area contributed by atoms with Gasteiger partial charge in [0.25, 0.3) is 5.69 Å². The van der Waals surface area contributed by atoms with Crippen LogP contribution in [-0.4, -0.2) is 10.1 Å². The first-order valence-corrected chi connectivity index (χ1v) is 6.87. The highest BCUT2D eigenvalue weighted by Crippen LogP contribution is 2.25. The van der Waals surface area contributed by atoms with E-state index in [9.17, 15) is 10.1 Å². The van der Waals surface area contributed by atoms with Gasteiger partial charge in [-0.25, -0.2) is 0 Å². The lowest BCUT2D eigenvalue weighted by Crippen LogP contribution is -2.19. The second-order valence-corrected chi connectivity index (χ2v) is 5.31. The Hall–Kier alpha value is -1.92. The summed E-state index contributed by atoms with van der Waals surface area (Å²) in [5, 5.41) is 18.6. The molecule has 1 N–H and O–H groups in total. The molecule has 112 valence electrons. The largest absolute Gasteiger partial charge is 0.361 e. The maximum Gasteiger partial charge on any atom is 0.273 e. The number of nitro benzene ring substituents is 1. The molecule has 0 bridgehead atoms. The second-order valence-electron chi connectivity index (χ2n) is 4.87. The van der Waals surface area contributed by atoms with E-state index in [-0.39, 0.29) is 11.7 Å². The molecule has 2 aromatic rings. The van der Waals surface area contributed by atoms with Crippen molar-refractivity contribution in [1.29, 1.82) is 0 Å². The third kappa shape index (κ3) is 3.40. The van der Waals surface area contributed by atoms with Gasteiger partial charge in [-0.15, -0.1) is 0 Å². The Balaban J connectivity index is 2.17. The molecule has 0 amide bonds. The smallest absolute Gasteiger partial charge is 0.273 e. The highest BCUT2D eigenvalue weighted by atomic mass is 35.5. The van der Waals surface area contributed by atoms with Crippen molar-refractivity contribution in [3.05, 3.63) is 55.9 Å². The van der Waals surface area contributed by atoms with Gasteiger partial charge in [-0.1, -0.05) is 16.8 Å². The Labute approximate surface area is 127 Å². The summed E-state index contributed by atoms with van der Waals surface area (Å²) in [6.45, 7) is 6.01. The average Bonchev–Trinajstić information content (AvgIpc) is 2.75. The highest BCUT2D eigenvalue weighted by molar-refractivity contribution is 6.30. The minimum absolute atomic E-state index is 0.0326. The molecule has 0 aliphatic heterocycles. The number of aryl methyl sites for hydroxylation is 2. The van der Waals surface area contributed by atoms with Crippen LogP contribution in [0.2, 0.25) is 5.02 Å².